The summed E-state index contributed by atoms with van der Waals surface area (Å²) in [6.45, 7) is 4.74. The topological polar surface area (TPSA) is 51.2 Å². The van der Waals surface area contributed by atoms with Gasteiger partial charge in [-0.15, -0.1) is 11.3 Å². The van der Waals surface area contributed by atoms with E-state index in [-0.39, 0.29) is 0 Å². The van der Waals surface area contributed by atoms with Gasteiger partial charge in [0.1, 0.15) is 5.75 Å². The quantitative estimate of drug-likeness (QED) is 0.800. The van der Waals surface area contributed by atoms with E-state index in [1.807, 2.05) is 0 Å². The summed E-state index contributed by atoms with van der Waals surface area (Å²) in [5, 5.41) is 0. The Labute approximate surface area is 104 Å². The lowest BCUT2D eigenvalue weighted by Crippen LogP contribution is -2.33. The van der Waals surface area contributed by atoms with Gasteiger partial charge in [0.2, 0.25) is 0 Å². The number of halogens is 1. The second kappa shape index (κ2) is 4.47. The standard InChI is InChI=1S/C10H13ClO3S2/c1-10(2,3)16(13,14)6-7(12)8-4-5-9(11)15-8/h4-5H,6H2,1-3H3. The summed E-state index contributed by atoms with van der Waals surface area (Å²) in [7, 11) is -3.42. The number of Topliss-reactive ketones (excluding diaryl/α,β-unsaturated/α-hetero) is 1. The average molecular weight is 281 g/mol. The first-order valence-corrected chi connectivity index (χ1v) is 7.49. The van der Waals surface area contributed by atoms with Crippen LogP contribution in [0.5, 0.6) is 0 Å². The Morgan fingerprint density at radius 1 is 1.38 bits per heavy atom. The van der Waals surface area contributed by atoms with E-state index in [0.29, 0.717) is 9.21 Å². The Kier molecular flexibility index (Phi) is 3.82. The second-order valence-electron chi connectivity index (χ2n) is 4.40. The Balaban J connectivity index is 2.88. The predicted molar refractivity (Wildman–Crippen MR) is 67.2 cm³/mol. The number of sulfone groups is 1. The van der Waals surface area contributed by atoms with Crippen LogP contribution in [-0.4, -0.2) is 24.7 Å². The first kappa shape index (κ1) is 13.7. The third kappa shape index (κ3) is 3.06. The predicted octanol–water partition coefficient (Wildman–Crippen LogP) is 2.80. The highest BCUT2D eigenvalue weighted by atomic mass is 35.5. The van der Waals surface area contributed by atoms with Crippen molar-refractivity contribution in [2.24, 2.45) is 0 Å². The van der Waals surface area contributed by atoms with Gasteiger partial charge in [-0.05, 0) is 32.9 Å². The molecule has 1 aromatic heterocycles. The monoisotopic (exact) mass is 280 g/mol. The van der Waals surface area contributed by atoms with Crippen LogP contribution in [0, 0.1) is 0 Å². The van der Waals surface area contributed by atoms with Crippen molar-refractivity contribution in [1.29, 1.82) is 0 Å². The number of carbonyl (C=O) groups is 1. The normalized spacial score (nSPS) is 12.8. The van der Waals surface area contributed by atoms with Crippen molar-refractivity contribution in [1.82, 2.24) is 0 Å². The molecule has 1 heterocycles. The van der Waals surface area contributed by atoms with Crippen molar-refractivity contribution >= 4 is 38.6 Å². The number of ketones is 1. The summed E-state index contributed by atoms with van der Waals surface area (Å²) >= 11 is 6.78. The Bertz CT molecular complexity index is 494. The molecule has 90 valence electrons. The Hall–Kier alpha value is -0.390. The van der Waals surface area contributed by atoms with E-state index in [4.69, 9.17) is 11.6 Å². The SMILES string of the molecule is CC(C)(C)S(=O)(=O)CC(=O)c1ccc(Cl)s1. The minimum atomic E-state index is -3.42. The molecule has 0 bridgehead atoms. The Morgan fingerprint density at radius 2 is 1.94 bits per heavy atom. The number of thiophene rings is 1. The molecule has 1 aromatic rings. The first-order chi connectivity index (χ1) is 7.13. The summed E-state index contributed by atoms with van der Waals surface area (Å²) in [5.41, 5.74) is 0. The average Bonchev–Trinajstić information content (AvgIpc) is 2.48. The summed E-state index contributed by atoms with van der Waals surface area (Å²) < 4.78 is 23.2. The van der Waals surface area contributed by atoms with E-state index in [1.165, 1.54) is 0 Å². The molecule has 0 aromatic carbocycles. The van der Waals surface area contributed by atoms with Gasteiger partial charge in [0.25, 0.3) is 0 Å². The van der Waals surface area contributed by atoms with Gasteiger partial charge in [-0.2, -0.15) is 0 Å². The molecule has 0 atom stereocenters. The molecule has 0 amide bonds. The van der Waals surface area contributed by atoms with Crippen molar-refractivity contribution in [2.75, 3.05) is 5.75 Å². The van der Waals surface area contributed by atoms with Crippen LogP contribution in [0.1, 0.15) is 30.4 Å². The molecule has 6 heteroatoms. The van der Waals surface area contributed by atoms with Crippen molar-refractivity contribution in [3.63, 3.8) is 0 Å². The van der Waals surface area contributed by atoms with Gasteiger partial charge in [0, 0.05) is 0 Å². The molecule has 0 N–H and O–H groups in total. The molecular formula is C10H13ClO3S2. The fourth-order valence-electron chi connectivity index (χ4n) is 0.924. The van der Waals surface area contributed by atoms with Crippen LogP contribution < -0.4 is 0 Å². The number of rotatable bonds is 3. The van der Waals surface area contributed by atoms with Crippen molar-refractivity contribution in [3.8, 4) is 0 Å². The molecule has 0 aliphatic heterocycles. The van der Waals surface area contributed by atoms with E-state index in [9.17, 15) is 13.2 Å². The lowest BCUT2D eigenvalue weighted by atomic mass is 10.3. The van der Waals surface area contributed by atoms with E-state index in [0.717, 1.165) is 11.3 Å². The van der Waals surface area contributed by atoms with Gasteiger partial charge >= 0.3 is 0 Å². The van der Waals surface area contributed by atoms with Crippen LogP contribution in [0.15, 0.2) is 12.1 Å². The van der Waals surface area contributed by atoms with Gasteiger partial charge in [-0.1, -0.05) is 11.6 Å². The third-order valence-electron chi connectivity index (χ3n) is 2.10. The van der Waals surface area contributed by atoms with Gasteiger partial charge in [0.05, 0.1) is 14.0 Å². The molecule has 0 aliphatic rings. The first-order valence-electron chi connectivity index (χ1n) is 4.64. The van der Waals surface area contributed by atoms with E-state index < -0.39 is 26.1 Å². The second-order valence-corrected chi connectivity index (χ2v) is 8.86. The summed E-state index contributed by atoms with van der Waals surface area (Å²) in [5.74, 6) is -0.861. The van der Waals surface area contributed by atoms with Gasteiger partial charge in [-0.3, -0.25) is 4.79 Å². The fourth-order valence-corrected chi connectivity index (χ4v) is 2.93. The van der Waals surface area contributed by atoms with E-state index in [1.54, 1.807) is 32.9 Å². The number of hydrogen-bond donors (Lipinski definition) is 0. The molecule has 16 heavy (non-hydrogen) atoms. The van der Waals surface area contributed by atoms with Crippen LogP contribution in [0.3, 0.4) is 0 Å². The van der Waals surface area contributed by atoms with Crippen molar-refractivity contribution in [3.05, 3.63) is 21.3 Å². The van der Waals surface area contributed by atoms with Crippen molar-refractivity contribution in [2.45, 2.75) is 25.5 Å². The van der Waals surface area contributed by atoms with Crippen LogP contribution in [0.2, 0.25) is 4.34 Å². The highest BCUT2D eigenvalue weighted by Gasteiger charge is 2.31. The third-order valence-corrected chi connectivity index (χ3v) is 5.88. The molecule has 0 spiro atoms. The molecular weight excluding hydrogens is 268 g/mol. The zero-order valence-electron chi connectivity index (χ0n) is 9.28. The molecule has 0 saturated carbocycles. The molecule has 0 fully saturated rings. The molecule has 0 aliphatic carbocycles. The minimum absolute atomic E-state index is 0.387. The summed E-state index contributed by atoms with van der Waals surface area (Å²) in [6, 6.07) is 3.14. The van der Waals surface area contributed by atoms with Gasteiger partial charge in [0.15, 0.2) is 15.6 Å². The molecule has 0 radical (unpaired) electrons. The van der Waals surface area contributed by atoms with Gasteiger partial charge in [-0.25, -0.2) is 8.42 Å². The molecule has 3 nitrogen and oxygen atoms in total. The van der Waals surface area contributed by atoms with Crippen molar-refractivity contribution < 1.29 is 13.2 Å². The zero-order chi connectivity index (χ0) is 12.6. The largest absolute Gasteiger partial charge is 0.292 e. The summed E-state index contributed by atoms with van der Waals surface area (Å²) in [4.78, 5) is 12.1. The lowest BCUT2D eigenvalue weighted by molar-refractivity contribution is 0.102. The van der Waals surface area contributed by atoms with Crippen LogP contribution in [0.25, 0.3) is 0 Å². The maximum absolute atomic E-state index is 11.8. The van der Waals surface area contributed by atoms with E-state index in [2.05, 4.69) is 0 Å². The number of hydrogen-bond acceptors (Lipinski definition) is 4. The maximum atomic E-state index is 11.8. The Morgan fingerprint density at radius 3 is 2.31 bits per heavy atom. The molecule has 0 unspecified atom stereocenters. The number of carbonyl (C=O) groups excluding carboxylic acids is 1. The fraction of sp³-hybridized carbons (Fsp3) is 0.500. The van der Waals surface area contributed by atoms with Crippen LogP contribution in [0.4, 0.5) is 0 Å². The zero-order valence-corrected chi connectivity index (χ0v) is 11.7. The highest BCUT2D eigenvalue weighted by molar-refractivity contribution is 7.93. The lowest BCUT2D eigenvalue weighted by Gasteiger charge is -2.18. The smallest absolute Gasteiger partial charge is 0.187 e. The van der Waals surface area contributed by atoms with Gasteiger partial charge < -0.3 is 0 Å². The molecule has 0 saturated heterocycles. The minimum Gasteiger partial charge on any atom is -0.292 e. The highest BCUT2D eigenvalue weighted by Crippen LogP contribution is 2.24. The van der Waals surface area contributed by atoms with Crippen LogP contribution in [-0.2, 0) is 9.84 Å². The summed E-state index contributed by atoms with van der Waals surface area (Å²) in [6.07, 6.45) is 0. The maximum Gasteiger partial charge on any atom is 0.187 e. The van der Waals surface area contributed by atoms with E-state index >= 15 is 0 Å². The van der Waals surface area contributed by atoms with Crippen LogP contribution >= 0.6 is 22.9 Å². The molecule has 1 rings (SSSR count).